The summed E-state index contributed by atoms with van der Waals surface area (Å²) in [6.45, 7) is 3.31. The monoisotopic (exact) mass is 577 g/mol. The molecule has 0 aliphatic carbocycles. The van der Waals surface area contributed by atoms with Gasteiger partial charge >= 0.3 is 0 Å². The topological polar surface area (TPSA) is 157 Å². The maximum absolute atomic E-state index is 14.8. The van der Waals surface area contributed by atoms with Crippen molar-refractivity contribution >= 4 is 23.2 Å². The Labute approximate surface area is 242 Å². The van der Waals surface area contributed by atoms with Gasteiger partial charge in [-0.3, -0.25) is 4.79 Å². The Kier molecular flexibility index (Phi) is 9.06. The van der Waals surface area contributed by atoms with Gasteiger partial charge in [0.1, 0.15) is 30.4 Å². The first-order valence-electron chi connectivity index (χ1n) is 13.7. The minimum atomic E-state index is -1.47. The number of halogens is 1. The molecule has 0 radical (unpaired) electrons. The highest BCUT2D eigenvalue weighted by Crippen LogP contribution is 2.29. The summed E-state index contributed by atoms with van der Waals surface area (Å²) < 4.78 is 26.2. The number of aromatic nitrogens is 3. The molecular formula is C29H32FN7O5. The van der Waals surface area contributed by atoms with Crippen LogP contribution in [-0.2, 0) is 9.53 Å². The molecule has 4 atom stereocenters. The molecule has 2 fully saturated rings. The van der Waals surface area contributed by atoms with Crippen molar-refractivity contribution in [2.75, 3.05) is 49.6 Å². The number of hydrogen-bond acceptors (Lipinski definition) is 11. The van der Waals surface area contributed by atoms with Crippen molar-refractivity contribution < 1.29 is 28.9 Å². The van der Waals surface area contributed by atoms with Gasteiger partial charge in [0.05, 0.1) is 31.4 Å². The number of rotatable bonds is 8. The predicted molar refractivity (Wildman–Crippen MR) is 151 cm³/mol. The fourth-order valence-corrected chi connectivity index (χ4v) is 4.95. The van der Waals surface area contributed by atoms with Gasteiger partial charge in [-0.05, 0) is 49.4 Å². The van der Waals surface area contributed by atoms with Crippen molar-refractivity contribution in [1.82, 2.24) is 19.9 Å². The summed E-state index contributed by atoms with van der Waals surface area (Å²) in [4.78, 5) is 28.4. The van der Waals surface area contributed by atoms with Crippen LogP contribution in [0.3, 0.4) is 0 Å². The number of aliphatic hydroxyl groups excluding tert-OH is 2. The molecule has 2 aliphatic heterocycles. The number of benzene rings is 2. The Balaban J connectivity index is 1.24. The summed E-state index contributed by atoms with van der Waals surface area (Å²) in [6.07, 6.45) is -2.10. The summed E-state index contributed by atoms with van der Waals surface area (Å²) in [5.74, 6) is 0.356. The van der Waals surface area contributed by atoms with Crippen LogP contribution in [0.25, 0.3) is 11.4 Å². The van der Waals surface area contributed by atoms with Gasteiger partial charge in [-0.25, -0.2) is 14.4 Å². The number of morpholine rings is 1. The van der Waals surface area contributed by atoms with Crippen LogP contribution in [0.2, 0.25) is 0 Å². The Morgan fingerprint density at radius 3 is 2.76 bits per heavy atom. The van der Waals surface area contributed by atoms with Gasteiger partial charge in [-0.15, -0.1) is 0 Å². The van der Waals surface area contributed by atoms with Crippen LogP contribution in [-0.4, -0.2) is 99.8 Å². The number of ether oxygens (including phenoxy) is 2. The van der Waals surface area contributed by atoms with Gasteiger partial charge < -0.3 is 34.8 Å². The standard InChI is InChI=1S/C29H32FN7O5/c1-18(39)28(40)37-9-8-26(24(30)15-37)42-25-7-2-19(12-20(25)13-31)27-32-17-33-29(35-27)34-21-3-5-22(6-4-21)36-10-11-41-23(14-36)16-38/h2-7,12,17-18,23-24,26,38-39H,8-11,14-16H2,1H3,(H,32,33,34,35)/t18-,23+,24-,26-/m0/s1. The molecule has 12 nitrogen and oxygen atoms in total. The highest BCUT2D eigenvalue weighted by molar-refractivity contribution is 5.80. The molecular weight excluding hydrogens is 545 g/mol. The van der Waals surface area contributed by atoms with Crippen molar-refractivity contribution in [3.05, 3.63) is 54.4 Å². The zero-order valence-electron chi connectivity index (χ0n) is 23.1. The van der Waals surface area contributed by atoms with Gasteiger partial charge in [-0.2, -0.15) is 10.2 Å². The number of hydrogen-bond donors (Lipinski definition) is 3. The van der Waals surface area contributed by atoms with Crippen LogP contribution in [0.15, 0.2) is 48.8 Å². The number of aliphatic hydroxyl groups is 2. The smallest absolute Gasteiger partial charge is 0.251 e. The number of piperidine rings is 1. The number of nitriles is 1. The van der Waals surface area contributed by atoms with Crippen molar-refractivity contribution in [1.29, 1.82) is 5.26 Å². The second-order valence-electron chi connectivity index (χ2n) is 10.2. The average molecular weight is 578 g/mol. The molecule has 2 aliphatic rings. The molecule has 1 amide bonds. The van der Waals surface area contributed by atoms with E-state index in [-0.39, 0.29) is 43.5 Å². The Hall–Kier alpha value is -4.38. The number of nitrogens with zero attached hydrogens (tertiary/aromatic N) is 6. The molecule has 2 aromatic carbocycles. The predicted octanol–water partition coefficient (Wildman–Crippen LogP) is 2.05. The number of nitrogens with one attached hydrogen (secondary N) is 1. The van der Waals surface area contributed by atoms with E-state index in [1.807, 2.05) is 24.3 Å². The fraction of sp³-hybridized carbons (Fsp3) is 0.414. The highest BCUT2D eigenvalue weighted by atomic mass is 19.1. The zero-order chi connectivity index (χ0) is 29.6. The lowest BCUT2D eigenvalue weighted by Gasteiger charge is -2.35. The van der Waals surface area contributed by atoms with Crippen LogP contribution in [0.5, 0.6) is 5.75 Å². The van der Waals surface area contributed by atoms with E-state index in [1.54, 1.807) is 18.2 Å². The van der Waals surface area contributed by atoms with Crippen molar-refractivity contribution in [3.8, 4) is 23.2 Å². The first kappa shape index (κ1) is 29.1. The van der Waals surface area contributed by atoms with Gasteiger partial charge in [0.15, 0.2) is 12.0 Å². The van der Waals surface area contributed by atoms with Crippen LogP contribution < -0.4 is 15.0 Å². The number of carbonyl (C=O) groups excluding carboxylic acids is 1. The molecule has 0 saturated carbocycles. The molecule has 3 N–H and O–H groups in total. The summed E-state index contributed by atoms with van der Waals surface area (Å²) >= 11 is 0. The first-order valence-corrected chi connectivity index (χ1v) is 13.7. The van der Waals surface area contributed by atoms with E-state index in [0.717, 1.165) is 17.9 Å². The number of alkyl halides is 1. The summed E-state index contributed by atoms with van der Waals surface area (Å²) in [6, 6.07) is 14.7. The van der Waals surface area contributed by atoms with Crippen LogP contribution in [0.4, 0.5) is 21.7 Å². The summed E-state index contributed by atoms with van der Waals surface area (Å²) in [5.41, 5.74) is 2.54. The molecule has 0 spiro atoms. The van der Waals surface area contributed by atoms with Crippen molar-refractivity contribution in [2.24, 2.45) is 0 Å². The Morgan fingerprint density at radius 2 is 2.05 bits per heavy atom. The maximum atomic E-state index is 14.8. The van der Waals surface area contributed by atoms with E-state index >= 15 is 0 Å². The third kappa shape index (κ3) is 6.73. The molecule has 13 heteroatoms. The zero-order valence-corrected chi connectivity index (χ0v) is 23.1. The van der Waals surface area contributed by atoms with E-state index in [1.165, 1.54) is 18.2 Å². The lowest BCUT2D eigenvalue weighted by molar-refractivity contribution is -0.143. The van der Waals surface area contributed by atoms with E-state index in [9.17, 15) is 24.7 Å². The van der Waals surface area contributed by atoms with Gasteiger partial charge in [0.25, 0.3) is 5.91 Å². The maximum Gasteiger partial charge on any atom is 0.251 e. The SMILES string of the molecule is C[C@H](O)C(=O)N1CC[C@H](Oc2ccc(-c3ncnc(Nc4ccc(N5CCO[C@@H](CO)C5)cc4)n3)cc2C#N)[C@@H](F)C1. The Bertz CT molecular complexity index is 1430. The van der Waals surface area contributed by atoms with Crippen molar-refractivity contribution in [2.45, 2.75) is 37.8 Å². The fourth-order valence-electron chi connectivity index (χ4n) is 4.95. The van der Waals surface area contributed by atoms with E-state index in [4.69, 9.17) is 9.47 Å². The molecule has 1 aromatic heterocycles. The minimum absolute atomic E-state index is 0.0182. The second kappa shape index (κ2) is 13.1. The molecule has 5 rings (SSSR count). The van der Waals surface area contributed by atoms with Gasteiger partial charge in [0.2, 0.25) is 5.95 Å². The largest absolute Gasteiger partial charge is 0.486 e. The van der Waals surface area contributed by atoms with E-state index in [0.29, 0.717) is 30.5 Å². The summed E-state index contributed by atoms with van der Waals surface area (Å²) in [7, 11) is 0. The lowest BCUT2D eigenvalue weighted by atomic mass is 10.0. The summed E-state index contributed by atoms with van der Waals surface area (Å²) in [5, 5.41) is 31.8. The van der Waals surface area contributed by atoms with E-state index in [2.05, 4.69) is 31.2 Å². The highest BCUT2D eigenvalue weighted by Gasteiger charge is 2.34. The number of carbonyl (C=O) groups is 1. The van der Waals surface area contributed by atoms with E-state index < -0.39 is 24.3 Å². The average Bonchev–Trinajstić information content (AvgIpc) is 3.02. The molecule has 0 unspecified atom stereocenters. The third-order valence-electron chi connectivity index (χ3n) is 7.19. The normalized spacial score (nSPS) is 21.4. The third-order valence-corrected chi connectivity index (χ3v) is 7.19. The number of amides is 1. The molecule has 0 bridgehead atoms. The lowest BCUT2D eigenvalue weighted by Crippen LogP contribution is -2.51. The van der Waals surface area contributed by atoms with Gasteiger partial charge in [-0.1, -0.05) is 0 Å². The second-order valence-corrected chi connectivity index (χ2v) is 10.2. The van der Waals surface area contributed by atoms with Crippen molar-refractivity contribution in [3.63, 3.8) is 0 Å². The van der Waals surface area contributed by atoms with Crippen LogP contribution in [0, 0.1) is 11.3 Å². The van der Waals surface area contributed by atoms with Crippen LogP contribution in [0.1, 0.15) is 18.9 Å². The molecule has 42 heavy (non-hydrogen) atoms. The first-order chi connectivity index (χ1) is 20.3. The number of likely N-dealkylation sites (tertiary alicyclic amines) is 1. The number of anilines is 3. The van der Waals surface area contributed by atoms with Gasteiger partial charge in [0, 0.05) is 43.0 Å². The molecule has 220 valence electrons. The molecule has 2 saturated heterocycles. The molecule has 3 aromatic rings. The quantitative estimate of drug-likeness (QED) is 0.360. The molecule has 3 heterocycles. The Morgan fingerprint density at radius 1 is 1.24 bits per heavy atom. The minimum Gasteiger partial charge on any atom is -0.486 e. The van der Waals surface area contributed by atoms with Crippen LogP contribution >= 0.6 is 0 Å².